The highest BCUT2D eigenvalue weighted by molar-refractivity contribution is 9.10. The van der Waals surface area contributed by atoms with E-state index in [-0.39, 0.29) is 42.3 Å². The van der Waals surface area contributed by atoms with Crippen LogP contribution >= 0.6 is 15.9 Å². The number of hydrogen-bond donors (Lipinski definition) is 0. The molecule has 30 heavy (non-hydrogen) atoms. The first-order valence-corrected chi connectivity index (χ1v) is 10.2. The number of urea groups is 1. The summed E-state index contributed by atoms with van der Waals surface area (Å²) in [4.78, 5) is 32.8. The lowest BCUT2D eigenvalue weighted by Gasteiger charge is -2.25. The number of carbonyl (C=O) groups excluding carboxylic acids is 2. The number of Topliss-reactive ketones (excluding diaryl/α,β-unsaturated/α-hetero) is 1. The van der Waals surface area contributed by atoms with Crippen molar-refractivity contribution in [3.8, 4) is 0 Å². The fraction of sp³-hybridized carbons (Fsp3) is 0.381. The van der Waals surface area contributed by atoms with Gasteiger partial charge >= 0.3 is 12.2 Å². The second kappa shape index (κ2) is 8.75. The van der Waals surface area contributed by atoms with E-state index < -0.39 is 11.7 Å². The molecule has 0 N–H and O–H groups in total. The van der Waals surface area contributed by atoms with Gasteiger partial charge in [0.25, 0.3) is 0 Å². The van der Waals surface area contributed by atoms with Gasteiger partial charge in [0.05, 0.1) is 30.0 Å². The van der Waals surface area contributed by atoms with Crippen molar-refractivity contribution in [3.63, 3.8) is 0 Å². The molecule has 1 aliphatic rings. The van der Waals surface area contributed by atoms with Gasteiger partial charge in [-0.2, -0.15) is 13.2 Å². The third-order valence-electron chi connectivity index (χ3n) is 5.04. The Kier molecular flexibility index (Phi) is 6.50. The minimum atomic E-state index is -4.47. The van der Waals surface area contributed by atoms with Gasteiger partial charge in [-0.05, 0) is 45.6 Å². The number of alkyl halides is 3. The van der Waals surface area contributed by atoms with Crippen LogP contribution in [0.1, 0.15) is 25.0 Å². The van der Waals surface area contributed by atoms with Crippen LogP contribution < -0.4 is 4.90 Å². The van der Waals surface area contributed by atoms with E-state index >= 15 is 0 Å². The van der Waals surface area contributed by atoms with Gasteiger partial charge in [0, 0.05) is 13.0 Å². The van der Waals surface area contributed by atoms with E-state index in [4.69, 9.17) is 0 Å². The molecule has 0 spiro atoms. The molecule has 2 heterocycles. The van der Waals surface area contributed by atoms with Crippen LogP contribution in [-0.4, -0.2) is 40.8 Å². The zero-order chi connectivity index (χ0) is 22.1. The Morgan fingerprint density at radius 3 is 2.60 bits per heavy atom. The van der Waals surface area contributed by atoms with Crippen molar-refractivity contribution >= 4 is 33.4 Å². The summed E-state index contributed by atoms with van der Waals surface area (Å²) in [5.74, 6) is -0.215. The smallest absolute Gasteiger partial charge is 0.312 e. The summed E-state index contributed by atoms with van der Waals surface area (Å²) >= 11 is 3.26. The maximum atomic E-state index is 13.0. The van der Waals surface area contributed by atoms with Crippen LogP contribution in [-0.2, 0) is 17.4 Å². The SMILES string of the molecule is CC(C)[C@H]1CN(c2ccc(Br)nc2)C(=O)N1CC(=O)Cc1cccc(C(F)(F)F)c1. The molecule has 0 saturated carbocycles. The second-order valence-corrected chi connectivity index (χ2v) is 8.40. The maximum Gasteiger partial charge on any atom is 0.416 e. The van der Waals surface area contributed by atoms with Crippen LogP contribution in [0, 0.1) is 5.92 Å². The molecule has 1 atom stereocenters. The van der Waals surface area contributed by atoms with Gasteiger partial charge in [-0.1, -0.05) is 32.0 Å². The van der Waals surface area contributed by atoms with Crippen LogP contribution in [0.3, 0.4) is 0 Å². The Morgan fingerprint density at radius 2 is 2.00 bits per heavy atom. The predicted octanol–water partition coefficient (Wildman–Crippen LogP) is 4.94. The molecular weight excluding hydrogens is 463 g/mol. The minimum absolute atomic E-state index is 0.101. The van der Waals surface area contributed by atoms with E-state index in [0.29, 0.717) is 16.8 Å². The molecule has 1 aromatic carbocycles. The summed E-state index contributed by atoms with van der Waals surface area (Å²) in [6, 6.07) is 7.71. The van der Waals surface area contributed by atoms with Gasteiger partial charge in [-0.25, -0.2) is 9.78 Å². The zero-order valence-electron chi connectivity index (χ0n) is 16.5. The van der Waals surface area contributed by atoms with Crippen molar-refractivity contribution < 1.29 is 22.8 Å². The van der Waals surface area contributed by atoms with Crippen LogP contribution in [0.2, 0.25) is 0 Å². The highest BCUT2D eigenvalue weighted by Crippen LogP contribution is 2.30. The highest BCUT2D eigenvalue weighted by Gasteiger charge is 2.40. The molecule has 0 bridgehead atoms. The van der Waals surface area contributed by atoms with Gasteiger partial charge in [-0.3, -0.25) is 9.69 Å². The van der Waals surface area contributed by atoms with Crippen molar-refractivity contribution in [2.45, 2.75) is 32.5 Å². The molecule has 0 radical (unpaired) electrons. The number of nitrogens with zero attached hydrogens (tertiary/aromatic N) is 3. The fourth-order valence-corrected chi connectivity index (χ4v) is 3.73. The second-order valence-electron chi connectivity index (χ2n) is 7.59. The summed E-state index contributed by atoms with van der Waals surface area (Å²) in [7, 11) is 0. The number of carbonyl (C=O) groups is 2. The van der Waals surface area contributed by atoms with E-state index in [0.717, 1.165) is 12.1 Å². The number of ketones is 1. The van der Waals surface area contributed by atoms with Gasteiger partial charge < -0.3 is 4.90 Å². The molecule has 0 unspecified atom stereocenters. The average Bonchev–Trinajstić information content (AvgIpc) is 2.98. The van der Waals surface area contributed by atoms with E-state index in [1.165, 1.54) is 17.0 Å². The van der Waals surface area contributed by atoms with Crippen LogP contribution in [0.4, 0.5) is 23.7 Å². The minimum Gasteiger partial charge on any atom is -0.312 e. The molecule has 9 heteroatoms. The maximum absolute atomic E-state index is 13.0. The molecule has 2 amide bonds. The summed E-state index contributed by atoms with van der Waals surface area (Å²) in [5.41, 5.74) is 0.109. The Balaban J connectivity index is 1.74. The third kappa shape index (κ3) is 5.00. The number of benzene rings is 1. The predicted molar refractivity (Wildman–Crippen MR) is 110 cm³/mol. The molecule has 1 aromatic heterocycles. The topological polar surface area (TPSA) is 53.5 Å². The lowest BCUT2D eigenvalue weighted by atomic mass is 10.0. The van der Waals surface area contributed by atoms with E-state index in [9.17, 15) is 22.8 Å². The number of rotatable bonds is 6. The van der Waals surface area contributed by atoms with E-state index in [1.54, 1.807) is 23.2 Å². The van der Waals surface area contributed by atoms with E-state index in [1.807, 2.05) is 13.8 Å². The zero-order valence-corrected chi connectivity index (χ0v) is 18.1. The van der Waals surface area contributed by atoms with Crippen LogP contribution in [0.15, 0.2) is 47.2 Å². The molecule has 2 aromatic rings. The largest absolute Gasteiger partial charge is 0.416 e. The number of halogens is 4. The average molecular weight is 484 g/mol. The Bertz CT molecular complexity index is 932. The molecule has 3 rings (SSSR count). The molecule has 5 nitrogen and oxygen atoms in total. The number of amides is 2. The van der Waals surface area contributed by atoms with Crippen molar-refractivity contribution in [1.82, 2.24) is 9.88 Å². The molecule has 1 fully saturated rings. The third-order valence-corrected chi connectivity index (χ3v) is 5.51. The van der Waals surface area contributed by atoms with Crippen LogP contribution in [0.25, 0.3) is 0 Å². The Hall–Kier alpha value is -2.42. The van der Waals surface area contributed by atoms with Gasteiger partial charge in [0.2, 0.25) is 0 Å². The lowest BCUT2D eigenvalue weighted by Crippen LogP contribution is -2.41. The summed E-state index contributed by atoms with van der Waals surface area (Å²) < 4.78 is 39.4. The van der Waals surface area contributed by atoms with Crippen molar-refractivity contribution in [2.24, 2.45) is 5.92 Å². The van der Waals surface area contributed by atoms with Crippen molar-refractivity contribution in [3.05, 3.63) is 58.3 Å². The van der Waals surface area contributed by atoms with Crippen LogP contribution in [0.5, 0.6) is 0 Å². The van der Waals surface area contributed by atoms with Gasteiger partial charge in [0.15, 0.2) is 5.78 Å². The van der Waals surface area contributed by atoms with E-state index in [2.05, 4.69) is 20.9 Å². The normalized spacial score (nSPS) is 17.2. The van der Waals surface area contributed by atoms with Crippen molar-refractivity contribution in [1.29, 1.82) is 0 Å². The number of pyridine rings is 1. The highest BCUT2D eigenvalue weighted by atomic mass is 79.9. The van der Waals surface area contributed by atoms with Gasteiger partial charge in [0.1, 0.15) is 4.60 Å². The number of aromatic nitrogens is 1. The Morgan fingerprint density at radius 1 is 1.27 bits per heavy atom. The lowest BCUT2D eigenvalue weighted by molar-refractivity contribution is -0.137. The molecule has 0 aliphatic carbocycles. The number of hydrogen-bond acceptors (Lipinski definition) is 3. The van der Waals surface area contributed by atoms with Crippen molar-refractivity contribution in [2.75, 3.05) is 18.0 Å². The summed E-state index contributed by atoms with van der Waals surface area (Å²) in [6.07, 6.45) is -3.06. The first kappa shape index (κ1) is 22.3. The van der Waals surface area contributed by atoms with Gasteiger partial charge in [-0.15, -0.1) is 0 Å². The molecule has 160 valence electrons. The molecular formula is C21H21BrF3N3O2. The fourth-order valence-electron chi connectivity index (χ4n) is 3.49. The molecule has 1 saturated heterocycles. The quantitative estimate of drug-likeness (QED) is 0.546. The summed E-state index contributed by atoms with van der Waals surface area (Å²) in [5, 5.41) is 0. The number of anilines is 1. The Labute approximate surface area is 181 Å². The molecule has 1 aliphatic heterocycles. The summed E-state index contributed by atoms with van der Waals surface area (Å²) in [6.45, 7) is 4.19. The monoisotopic (exact) mass is 483 g/mol. The first-order chi connectivity index (χ1) is 14.1. The first-order valence-electron chi connectivity index (χ1n) is 9.44. The standard InChI is InChI=1S/C21H21BrF3N3O2/c1-13(2)18-12-27(16-6-7-19(22)26-10-16)20(30)28(18)11-17(29)9-14-4-3-5-15(8-14)21(23,24)25/h3-8,10,13,18H,9,11-12H2,1-2H3/t18-/m1/s1.